The molecule has 20 heavy (non-hydrogen) atoms. The molecule has 0 aliphatic heterocycles. The molecule has 1 saturated carbocycles. The lowest BCUT2D eigenvalue weighted by molar-refractivity contribution is 0.0651. The maximum atomic E-state index is 12.0. The van der Waals surface area contributed by atoms with Gasteiger partial charge in [0.1, 0.15) is 0 Å². The molecular weight excluding hydrogens is 262 g/mol. The van der Waals surface area contributed by atoms with Crippen LogP contribution in [-0.2, 0) is 0 Å². The average Bonchev–Trinajstić information content (AvgIpc) is 3.06. The van der Waals surface area contributed by atoms with Crippen molar-refractivity contribution in [1.29, 1.82) is 0 Å². The van der Waals surface area contributed by atoms with Crippen molar-refractivity contribution >= 4 is 11.9 Å². The summed E-state index contributed by atoms with van der Waals surface area (Å²) in [5.41, 5.74) is -0.0241. The highest BCUT2D eigenvalue weighted by Crippen LogP contribution is 2.33. The lowest BCUT2D eigenvalue weighted by Crippen LogP contribution is -2.50. The smallest absolute Gasteiger partial charge is 0.374 e. The van der Waals surface area contributed by atoms with Crippen molar-refractivity contribution < 1.29 is 19.2 Å². The molecule has 0 bridgehead atoms. The SMILES string of the molecule is CN(C)C1(CNC(=O)c2cc(C(=O)O)on2)CCCC1. The quantitative estimate of drug-likeness (QED) is 0.835. The summed E-state index contributed by atoms with van der Waals surface area (Å²) in [5.74, 6) is -1.98. The maximum absolute atomic E-state index is 12.0. The van der Waals surface area contributed by atoms with Crippen LogP contribution < -0.4 is 5.32 Å². The lowest BCUT2D eigenvalue weighted by atomic mass is 9.96. The molecule has 1 aromatic rings. The van der Waals surface area contributed by atoms with E-state index in [0.717, 1.165) is 31.7 Å². The zero-order valence-corrected chi connectivity index (χ0v) is 11.7. The fraction of sp³-hybridized carbons (Fsp3) is 0.615. The minimum Gasteiger partial charge on any atom is -0.475 e. The van der Waals surface area contributed by atoms with E-state index in [1.807, 2.05) is 14.1 Å². The Morgan fingerprint density at radius 2 is 2.10 bits per heavy atom. The molecule has 2 N–H and O–H groups in total. The van der Waals surface area contributed by atoms with Crippen LogP contribution in [0.1, 0.15) is 46.7 Å². The Kier molecular flexibility index (Phi) is 4.08. The van der Waals surface area contributed by atoms with E-state index in [9.17, 15) is 9.59 Å². The van der Waals surface area contributed by atoms with Crippen LogP contribution in [0.2, 0.25) is 0 Å². The van der Waals surface area contributed by atoms with Crippen LogP contribution in [0.5, 0.6) is 0 Å². The topological polar surface area (TPSA) is 95.7 Å². The molecule has 2 rings (SSSR count). The van der Waals surface area contributed by atoms with Crippen molar-refractivity contribution in [3.63, 3.8) is 0 Å². The third-order valence-corrected chi connectivity index (χ3v) is 4.01. The van der Waals surface area contributed by atoms with Gasteiger partial charge in [-0.05, 0) is 26.9 Å². The zero-order chi connectivity index (χ0) is 14.8. The molecule has 1 aliphatic rings. The first-order valence-electron chi connectivity index (χ1n) is 6.60. The molecule has 0 unspecified atom stereocenters. The maximum Gasteiger partial charge on any atom is 0.374 e. The second-order valence-electron chi connectivity index (χ2n) is 5.39. The predicted octanol–water partition coefficient (Wildman–Crippen LogP) is 0.977. The zero-order valence-electron chi connectivity index (χ0n) is 11.7. The molecule has 0 radical (unpaired) electrons. The number of nitrogens with one attached hydrogen (secondary N) is 1. The van der Waals surface area contributed by atoms with Gasteiger partial charge in [0.15, 0.2) is 5.69 Å². The summed E-state index contributed by atoms with van der Waals surface area (Å²) in [7, 11) is 4.02. The fourth-order valence-electron chi connectivity index (χ4n) is 2.63. The van der Waals surface area contributed by atoms with Gasteiger partial charge in [-0.3, -0.25) is 4.79 Å². The second kappa shape index (κ2) is 5.62. The summed E-state index contributed by atoms with van der Waals surface area (Å²) < 4.78 is 4.57. The van der Waals surface area contributed by atoms with Gasteiger partial charge in [-0.15, -0.1) is 0 Å². The first-order chi connectivity index (χ1) is 9.44. The van der Waals surface area contributed by atoms with Gasteiger partial charge in [-0.1, -0.05) is 18.0 Å². The molecular formula is C13H19N3O4. The Hall–Kier alpha value is -1.89. The Morgan fingerprint density at radius 1 is 1.45 bits per heavy atom. The van der Waals surface area contributed by atoms with Crippen molar-refractivity contribution in [3.8, 4) is 0 Å². The van der Waals surface area contributed by atoms with Gasteiger partial charge < -0.3 is 19.8 Å². The highest BCUT2D eigenvalue weighted by Gasteiger charge is 2.36. The van der Waals surface area contributed by atoms with Crippen LogP contribution >= 0.6 is 0 Å². The normalized spacial score (nSPS) is 17.4. The summed E-state index contributed by atoms with van der Waals surface area (Å²) in [6.07, 6.45) is 4.39. The van der Waals surface area contributed by atoms with Gasteiger partial charge in [-0.2, -0.15) is 0 Å². The molecule has 7 nitrogen and oxygen atoms in total. The monoisotopic (exact) mass is 281 g/mol. The Morgan fingerprint density at radius 3 is 2.60 bits per heavy atom. The van der Waals surface area contributed by atoms with Crippen LogP contribution in [0.4, 0.5) is 0 Å². The highest BCUT2D eigenvalue weighted by molar-refractivity contribution is 5.94. The van der Waals surface area contributed by atoms with Crippen LogP contribution in [0, 0.1) is 0 Å². The lowest BCUT2D eigenvalue weighted by Gasteiger charge is -2.36. The van der Waals surface area contributed by atoms with Crippen LogP contribution in [0.15, 0.2) is 10.6 Å². The van der Waals surface area contributed by atoms with Crippen molar-refractivity contribution in [2.45, 2.75) is 31.2 Å². The molecule has 1 heterocycles. The van der Waals surface area contributed by atoms with Crippen molar-refractivity contribution in [2.24, 2.45) is 0 Å². The van der Waals surface area contributed by atoms with Crippen molar-refractivity contribution in [1.82, 2.24) is 15.4 Å². The van der Waals surface area contributed by atoms with Crippen LogP contribution in [-0.4, -0.2) is 53.2 Å². The van der Waals surface area contributed by atoms with E-state index in [-0.39, 0.29) is 17.0 Å². The van der Waals surface area contributed by atoms with E-state index in [1.54, 1.807) is 0 Å². The van der Waals surface area contributed by atoms with E-state index in [2.05, 4.69) is 19.9 Å². The summed E-state index contributed by atoms with van der Waals surface area (Å²) in [4.78, 5) is 24.8. The van der Waals surface area contributed by atoms with Gasteiger partial charge in [0.25, 0.3) is 5.91 Å². The van der Waals surface area contributed by atoms with Gasteiger partial charge in [-0.25, -0.2) is 4.79 Å². The number of carbonyl (C=O) groups excluding carboxylic acids is 1. The van der Waals surface area contributed by atoms with E-state index in [1.165, 1.54) is 0 Å². The first-order valence-corrected chi connectivity index (χ1v) is 6.60. The highest BCUT2D eigenvalue weighted by atomic mass is 16.5. The summed E-state index contributed by atoms with van der Waals surface area (Å²) >= 11 is 0. The number of amides is 1. The number of nitrogens with zero attached hydrogens (tertiary/aromatic N) is 2. The number of rotatable bonds is 5. The van der Waals surface area contributed by atoms with Crippen LogP contribution in [0.25, 0.3) is 0 Å². The third kappa shape index (κ3) is 2.82. The minimum absolute atomic E-state index is 0.00527. The summed E-state index contributed by atoms with van der Waals surface area (Å²) in [6.45, 7) is 0.522. The Balaban J connectivity index is 1.99. The van der Waals surface area contributed by atoms with Gasteiger partial charge in [0.05, 0.1) is 0 Å². The fourth-order valence-corrected chi connectivity index (χ4v) is 2.63. The molecule has 0 aromatic carbocycles. The first kappa shape index (κ1) is 14.5. The molecule has 1 amide bonds. The molecule has 0 spiro atoms. The molecule has 110 valence electrons. The van der Waals surface area contributed by atoms with Gasteiger partial charge in [0.2, 0.25) is 5.76 Å². The van der Waals surface area contributed by atoms with Gasteiger partial charge in [0, 0.05) is 18.2 Å². The Labute approximate surface area is 116 Å². The number of hydrogen-bond acceptors (Lipinski definition) is 5. The number of carbonyl (C=O) groups is 2. The summed E-state index contributed by atoms with van der Waals surface area (Å²) in [6, 6.07) is 1.13. The molecule has 1 fully saturated rings. The van der Waals surface area contributed by atoms with Crippen LogP contribution in [0.3, 0.4) is 0 Å². The number of aromatic nitrogens is 1. The third-order valence-electron chi connectivity index (χ3n) is 4.01. The van der Waals surface area contributed by atoms with Gasteiger partial charge >= 0.3 is 5.97 Å². The number of carboxylic acid groups (broad SMARTS) is 1. The standard InChI is InChI=1S/C13H19N3O4/c1-16(2)13(5-3-4-6-13)8-14-11(17)9-7-10(12(18)19)20-15-9/h7H,3-6,8H2,1-2H3,(H,14,17)(H,18,19). The minimum atomic E-state index is -1.24. The van der Waals surface area contributed by atoms with E-state index in [0.29, 0.717) is 6.54 Å². The number of carboxylic acids is 1. The van der Waals surface area contributed by atoms with E-state index < -0.39 is 11.9 Å². The van der Waals surface area contributed by atoms with E-state index >= 15 is 0 Å². The van der Waals surface area contributed by atoms with Crippen molar-refractivity contribution in [2.75, 3.05) is 20.6 Å². The predicted molar refractivity (Wildman–Crippen MR) is 70.7 cm³/mol. The number of aromatic carboxylic acids is 1. The van der Waals surface area contributed by atoms with E-state index in [4.69, 9.17) is 5.11 Å². The Bertz CT molecular complexity index is 503. The molecule has 1 aromatic heterocycles. The molecule has 0 saturated heterocycles. The molecule has 7 heteroatoms. The average molecular weight is 281 g/mol. The summed E-state index contributed by atoms with van der Waals surface area (Å²) in [5, 5.41) is 15.0. The largest absolute Gasteiger partial charge is 0.475 e. The molecule has 0 atom stereocenters. The number of hydrogen-bond donors (Lipinski definition) is 2. The van der Waals surface area contributed by atoms with Crippen molar-refractivity contribution in [3.05, 3.63) is 17.5 Å². The number of likely N-dealkylation sites (N-methyl/N-ethyl adjacent to an activating group) is 1. The molecule has 1 aliphatic carbocycles. The second-order valence-corrected chi connectivity index (χ2v) is 5.39.